The Kier molecular flexibility index (Phi) is 4.44. The van der Waals surface area contributed by atoms with Crippen molar-refractivity contribution >= 4 is 0 Å². The molecule has 3 nitrogen and oxygen atoms in total. The first-order valence-electron chi connectivity index (χ1n) is 6.31. The van der Waals surface area contributed by atoms with E-state index in [-0.39, 0.29) is 0 Å². The topological polar surface area (TPSA) is 29.9 Å². The van der Waals surface area contributed by atoms with Gasteiger partial charge in [0.1, 0.15) is 5.69 Å². The maximum atomic E-state index is 12.6. The van der Waals surface area contributed by atoms with Gasteiger partial charge in [-0.25, -0.2) is 0 Å². The lowest BCUT2D eigenvalue weighted by molar-refractivity contribution is -0.143. The fraction of sp³-hybridized carbons (Fsp3) is 0.357. The summed E-state index contributed by atoms with van der Waals surface area (Å²) in [4.78, 5) is 0. The molecule has 0 saturated heterocycles. The van der Waals surface area contributed by atoms with Crippen molar-refractivity contribution in [2.75, 3.05) is 6.54 Å². The normalized spacial score (nSPS) is 11.8. The summed E-state index contributed by atoms with van der Waals surface area (Å²) in [6.45, 7) is 1.03. The minimum absolute atomic E-state index is 0.330. The molecule has 0 amide bonds. The second-order valence-electron chi connectivity index (χ2n) is 4.55. The SMILES string of the molecule is Cn1nc(CNCCc2ccccc2)cc1C(F)(F)F. The van der Waals surface area contributed by atoms with E-state index in [1.807, 2.05) is 30.3 Å². The lowest BCUT2D eigenvalue weighted by atomic mass is 10.1. The molecule has 1 aromatic heterocycles. The third-order valence-electron chi connectivity index (χ3n) is 2.96. The van der Waals surface area contributed by atoms with Gasteiger partial charge in [-0.2, -0.15) is 18.3 Å². The summed E-state index contributed by atoms with van der Waals surface area (Å²) >= 11 is 0. The fourth-order valence-corrected chi connectivity index (χ4v) is 1.97. The van der Waals surface area contributed by atoms with Crippen LogP contribution in [0.15, 0.2) is 36.4 Å². The minimum Gasteiger partial charge on any atom is -0.311 e. The number of nitrogens with zero attached hydrogens (tertiary/aromatic N) is 2. The van der Waals surface area contributed by atoms with Crippen LogP contribution in [0.25, 0.3) is 0 Å². The van der Waals surface area contributed by atoms with Crippen LogP contribution in [0.4, 0.5) is 13.2 Å². The van der Waals surface area contributed by atoms with E-state index >= 15 is 0 Å². The Hall–Kier alpha value is -1.82. The number of hydrogen-bond acceptors (Lipinski definition) is 2. The monoisotopic (exact) mass is 283 g/mol. The predicted octanol–water partition coefficient (Wildman–Crippen LogP) is 2.77. The van der Waals surface area contributed by atoms with Gasteiger partial charge in [-0.15, -0.1) is 0 Å². The molecule has 2 aromatic rings. The van der Waals surface area contributed by atoms with Gasteiger partial charge in [-0.3, -0.25) is 4.68 Å². The molecule has 2 rings (SSSR count). The zero-order chi connectivity index (χ0) is 14.6. The third kappa shape index (κ3) is 3.84. The van der Waals surface area contributed by atoms with Crippen molar-refractivity contribution < 1.29 is 13.2 Å². The highest BCUT2D eigenvalue weighted by atomic mass is 19.4. The summed E-state index contributed by atoms with van der Waals surface area (Å²) in [5.74, 6) is 0. The first-order chi connectivity index (χ1) is 9.47. The van der Waals surface area contributed by atoms with Gasteiger partial charge in [0.25, 0.3) is 0 Å². The molecule has 108 valence electrons. The van der Waals surface area contributed by atoms with Crippen molar-refractivity contribution in [1.82, 2.24) is 15.1 Å². The van der Waals surface area contributed by atoms with Crippen molar-refractivity contribution in [1.29, 1.82) is 0 Å². The third-order valence-corrected chi connectivity index (χ3v) is 2.96. The zero-order valence-electron chi connectivity index (χ0n) is 11.1. The van der Waals surface area contributed by atoms with Crippen LogP contribution in [0.3, 0.4) is 0 Å². The second kappa shape index (κ2) is 6.09. The first-order valence-corrected chi connectivity index (χ1v) is 6.31. The number of halogens is 3. The van der Waals surface area contributed by atoms with E-state index in [9.17, 15) is 13.2 Å². The molecule has 1 heterocycles. The Morgan fingerprint density at radius 2 is 1.90 bits per heavy atom. The molecule has 20 heavy (non-hydrogen) atoms. The van der Waals surface area contributed by atoms with Crippen molar-refractivity contribution in [3.05, 3.63) is 53.3 Å². The van der Waals surface area contributed by atoms with Gasteiger partial charge >= 0.3 is 6.18 Å². The Bertz CT molecular complexity index is 547. The molecule has 0 radical (unpaired) electrons. The predicted molar refractivity (Wildman–Crippen MR) is 70.1 cm³/mol. The van der Waals surface area contributed by atoms with Gasteiger partial charge in [0.15, 0.2) is 0 Å². The van der Waals surface area contributed by atoms with Crippen LogP contribution >= 0.6 is 0 Å². The molecular formula is C14H16F3N3. The lowest BCUT2D eigenvalue weighted by Gasteiger charge is -2.04. The molecule has 0 aliphatic rings. The van der Waals surface area contributed by atoms with E-state index in [0.717, 1.165) is 17.2 Å². The Balaban J connectivity index is 1.83. The molecule has 0 saturated carbocycles. The average molecular weight is 283 g/mol. The molecule has 0 aliphatic heterocycles. The Labute approximate surface area is 115 Å². The van der Waals surface area contributed by atoms with Crippen LogP contribution in [-0.4, -0.2) is 16.3 Å². The van der Waals surface area contributed by atoms with E-state index in [4.69, 9.17) is 0 Å². The van der Waals surface area contributed by atoms with E-state index < -0.39 is 11.9 Å². The largest absolute Gasteiger partial charge is 0.433 e. The van der Waals surface area contributed by atoms with Crippen molar-refractivity contribution in [3.63, 3.8) is 0 Å². The quantitative estimate of drug-likeness (QED) is 0.855. The zero-order valence-corrected chi connectivity index (χ0v) is 11.1. The molecule has 0 aliphatic carbocycles. The minimum atomic E-state index is -4.36. The maximum absolute atomic E-state index is 12.6. The van der Waals surface area contributed by atoms with Crippen LogP contribution in [-0.2, 0) is 26.2 Å². The molecule has 0 atom stereocenters. The number of aromatic nitrogens is 2. The van der Waals surface area contributed by atoms with Gasteiger partial charge in [0.2, 0.25) is 0 Å². The highest BCUT2D eigenvalue weighted by Gasteiger charge is 2.34. The number of rotatable bonds is 5. The van der Waals surface area contributed by atoms with Gasteiger partial charge in [0, 0.05) is 13.6 Å². The van der Waals surface area contributed by atoms with Crippen LogP contribution < -0.4 is 5.32 Å². The van der Waals surface area contributed by atoms with Crippen LogP contribution in [0.2, 0.25) is 0 Å². The lowest BCUT2D eigenvalue weighted by Crippen LogP contribution is -2.17. The summed E-state index contributed by atoms with van der Waals surface area (Å²) in [7, 11) is 1.30. The van der Waals surface area contributed by atoms with Gasteiger partial charge in [0.05, 0.1) is 5.69 Å². The fourth-order valence-electron chi connectivity index (χ4n) is 1.97. The summed E-state index contributed by atoms with van der Waals surface area (Å²) in [6, 6.07) is 11.0. The Morgan fingerprint density at radius 3 is 2.50 bits per heavy atom. The molecular weight excluding hydrogens is 267 g/mol. The summed E-state index contributed by atoms with van der Waals surface area (Å²) in [5, 5.41) is 6.95. The molecule has 1 N–H and O–H groups in total. The Morgan fingerprint density at radius 1 is 1.20 bits per heavy atom. The number of hydrogen-bond donors (Lipinski definition) is 1. The van der Waals surface area contributed by atoms with Crippen LogP contribution in [0.5, 0.6) is 0 Å². The summed E-state index contributed by atoms with van der Waals surface area (Å²) < 4.78 is 38.6. The van der Waals surface area contributed by atoms with E-state index in [0.29, 0.717) is 18.8 Å². The van der Waals surface area contributed by atoms with Crippen molar-refractivity contribution in [2.24, 2.45) is 7.05 Å². The first kappa shape index (κ1) is 14.6. The number of aryl methyl sites for hydroxylation is 1. The number of benzene rings is 1. The van der Waals surface area contributed by atoms with Gasteiger partial charge in [-0.05, 0) is 24.6 Å². The number of alkyl halides is 3. The number of nitrogens with one attached hydrogen (secondary N) is 1. The molecule has 0 unspecified atom stereocenters. The molecule has 0 bridgehead atoms. The molecule has 6 heteroatoms. The van der Waals surface area contributed by atoms with E-state index in [2.05, 4.69) is 10.4 Å². The van der Waals surface area contributed by atoms with Crippen LogP contribution in [0.1, 0.15) is 17.0 Å². The van der Waals surface area contributed by atoms with Crippen LogP contribution in [0, 0.1) is 0 Å². The summed E-state index contributed by atoms with van der Waals surface area (Å²) in [5.41, 5.74) is 0.863. The summed E-state index contributed by atoms with van der Waals surface area (Å²) in [6.07, 6.45) is -3.52. The van der Waals surface area contributed by atoms with Gasteiger partial charge < -0.3 is 5.32 Å². The van der Waals surface area contributed by atoms with E-state index in [1.54, 1.807) is 0 Å². The van der Waals surface area contributed by atoms with Crippen molar-refractivity contribution in [2.45, 2.75) is 19.1 Å². The standard InChI is InChI=1S/C14H16F3N3/c1-20-13(14(15,16)17)9-12(19-20)10-18-8-7-11-5-3-2-4-6-11/h2-6,9,18H,7-8,10H2,1H3. The highest BCUT2D eigenvalue weighted by Crippen LogP contribution is 2.29. The molecule has 0 fully saturated rings. The highest BCUT2D eigenvalue weighted by molar-refractivity contribution is 5.15. The maximum Gasteiger partial charge on any atom is 0.433 e. The van der Waals surface area contributed by atoms with Crippen molar-refractivity contribution in [3.8, 4) is 0 Å². The smallest absolute Gasteiger partial charge is 0.311 e. The molecule has 0 spiro atoms. The average Bonchev–Trinajstić information content (AvgIpc) is 2.77. The molecule has 1 aromatic carbocycles. The second-order valence-corrected chi connectivity index (χ2v) is 4.55. The van der Waals surface area contributed by atoms with E-state index in [1.165, 1.54) is 12.6 Å². The van der Waals surface area contributed by atoms with Gasteiger partial charge in [-0.1, -0.05) is 30.3 Å².